The predicted molar refractivity (Wildman–Crippen MR) is 71.7 cm³/mol. The van der Waals surface area contributed by atoms with E-state index in [4.69, 9.17) is 0 Å². The topological polar surface area (TPSA) is 12.0 Å². The molecule has 90 valence electrons. The van der Waals surface area contributed by atoms with Gasteiger partial charge in [-0.25, -0.2) is 0 Å². The fourth-order valence-electron chi connectivity index (χ4n) is 1.85. The molecule has 1 N–H and O–H groups in total. The molecule has 0 aliphatic carbocycles. The third-order valence-corrected chi connectivity index (χ3v) is 2.98. The second-order valence-corrected chi connectivity index (χ2v) is 5.84. The molecule has 1 rings (SSSR count). The van der Waals surface area contributed by atoms with Crippen molar-refractivity contribution in [3.05, 3.63) is 35.4 Å². The highest BCUT2D eigenvalue weighted by Crippen LogP contribution is 2.20. The zero-order valence-corrected chi connectivity index (χ0v) is 11.3. The van der Waals surface area contributed by atoms with Crippen LogP contribution >= 0.6 is 0 Å². The van der Waals surface area contributed by atoms with Gasteiger partial charge in [-0.3, -0.25) is 0 Å². The summed E-state index contributed by atoms with van der Waals surface area (Å²) < 4.78 is 0. The van der Waals surface area contributed by atoms with Crippen molar-refractivity contribution >= 4 is 0 Å². The van der Waals surface area contributed by atoms with Crippen molar-refractivity contribution in [3.8, 4) is 0 Å². The standard InChI is InChI=1S/C15H25N/c1-12-8-6-7-9-14(12)13(2)16-11-10-15(3,4)5/h6-9,13,16H,10-11H2,1-5H3/t13-/m1/s1. The Morgan fingerprint density at radius 3 is 2.38 bits per heavy atom. The van der Waals surface area contributed by atoms with Gasteiger partial charge in [0.15, 0.2) is 0 Å². The Bertz CT molecular complexity index is 322. The average molecular weight is 219 g/mol. The number of benzene rings is 1. The molecule has 16 heavy (non-hydrogen) atoms. The van der Waals surface area contributed by atoms with E-state index in [0.29, 0.717) is 11.5 Å². The largest absolute Gasteiger partial charge is 0.310 e. The van der Waals surface area contributed by atoms with Gasteiger partial charge >= 0.3 is 0 Å². The first kappa shape index (κ1) is 13.2. The van der Waals surface area contributed by atoms with E-state index in [1.54, 1.807) is 0 Å². The normalized spacial score (nSPS) is 13.8. The van der Waals surface area contributed by atoms with Crippen LogP contribution in [0.2, 0.25) is 0 Å². The van der Waals surface area contributed by atoms with Crippen molar-refractivity contribution in [2.75, 3.05) is 6.54 Å². The summed E-state index contributed by atoms with van der Waals surface area (Å²) in [7, 11) is 0. The molecule has 0 aliphatic rings. The first-order valence-electron chi connectivity index (χ1n) is 6.19. The van der Waals surface area contributed by atoms with Crippen LogP contribution in [0.1, 0.15) is 51.3 Å². The number of aryl methyl sites for hydroxylation is 1. The molecule has 1 aromatic carbocycles. The van der Waals surface area contributed by atoms with Gasteiger partial charge in [-0.1, -0.05) is 45.0 Å². The Balaban J connectivity index is 2.47. The maximum Gasteiger partial charge on any atom is 0.0294 e. The number of hydrogen-bond acceptors (Lipinski definition) is 1. The van der Waals surface area contributed by atoms with Gasteiger partial charge in [0, 0.05) is 6.04 Å². The van der Waals surface area contributed by atoms with E-state index < -0.39 is 0 Å². The lowest BCUT2D eigenvalue weighted by atomic mass is 9.92. The van der Waals surface area contributed by atoms with E-state index in [2.05, 4.69) is 64.2 Å². The third-order valence-electron chi connectivity index (χ3n) is 2.98. The molecule has 1 atom stereocenters. The lowest BCUT2D eigenvalue weighted by molar-refractivity contribution is 0.358. The summed E-state index contributed by atoms with van der Waals surface area (Å²) in [5.41, 5.74) is 3.20. The molecular formula is C15H25N. The van der Waals surface area contributed by atoms with Crippen LogP contribution in [0.3, 0.4) is 0 Å². The van der Waals surface area contributed by atoms with Crippen molar-refractivity contribution in [2.45, 2.75) is 47.1 Å². The summed E-state index contributed by atoms with van der Waals surface area (Å²) in [5, 5.41) is 3.60. The van der Waals surface area contributed by atoms with Crippen LogP contribution in [0.5, 0.6) is 0 Å². The van der Waals surface area contributed by atoms with Crippen molar-refractivity contribution in [1.82, 2.24) is 5.32 Å². The molecule has 0 saturated heterocycles. The highest BCUT2D eigenvalue weighted by molar-refractivity contribution is 5.28. The molecule has 0 aliphatic heterocycles. The van der Waals surface area contributed by atoms with Crippen LogP contribution in [0.25, 0.3) is 0 Å². The minimum Gasteiger partial charge on any atom is -0.310 e. The van der Waals surface area contributed by atoms with Crippen molar-refractivity contribution in [1.29, 1.82) is 0 Å². The Morgan fingerprint density at radius 1 is 1.19 bits per heavy atom. The van der Waals surface area contributed by atoms with Gasteiger partial charge in [0.2, 0.25) is 0 Å². The SMILES string of the molecule is Cc1ccccc1[C@@H](C)NCCC(C)(C)C. The lowest BCUT2D eigenvalue weighted by Crippen LogP contribution is -2.24. The van der Waals surface area contributed by atoms with Gasteiger partial charge in [0.25, 0.3) is 0 Å². The second-order valence-electron chi connectivity index (χ2n) is 5.84. The van der Waals surface area contributed by atoms with E-state index in [0.717, 1.165) is 6.54 Å². The van der Waals surface area contributed by atoms with E-state index in [1.165, 1.54) is 17.5 Å². The molecule has 1 heteroatoms. The molecule has 1 aromatic rings. The van der Waals surface area contributed by atoms with Gasteiger partial charge in [-0.2, -0.15) is 0 Å². The maximum absolute atomic E-state index is 3.60. The van der Waals surface area contributed by atoms with E-state index in [1.807, 2.05) is 0 Å². The minimum atomic E-state index is 0.415. The van der Waals surface area contributed by atoms with Gasteiger partial charge < -0.3 is 5.32 Å². The monoisotopic (exact) mass is 219 g/mol. The Hall–Kier alpha value is -0.820. The second kappa shape index (κ2) is 5.49. The first-order valence-corrected chi connectivity index (χ1v) is 6.19. The molecular weight excluding hydrogens is 194 g/mol. The van der Waals surface area contributed by atoms with Crippen LogP contribution in [-0.2, 0) is 0 Å². The highest BCUT2D eigenvalue weighted by atomic mass is 14.9. The molecule has 0 heterocycles. The number of rotatable bonds is 4. The lowest BCUT2D eigenvalue weighted by Gasteiger charge is -2.21. The molecule has 0 amide bonds. The fourth-order valence-corrected chi connectivity index (χ4v) is 1.85. The molecule has 0 radical (unpaired) electrons. The molecule has 0 unspecified atom stereocenters. The van der Waals surface area contributed by atoms with E-state index in [9.17, 15) is 0 Å². The smallest absolute Gasteiger partial charge is 0.0294 e. The highest BCUT2D eigenvalue weighted by Gasteiger charge is 2.11. The van der Waals surface area contributed by atoms with Crippen LogP contribution < -0.4 is 5.32 Å². The fraction of sp³-hybridized carbons (Fsp3) is 0.600. The average Bonchev–Trinajstić information content (AvgIpc) is 2.16. The summed E-state index contributed by atoms with van der Waals surface area (Å²) >= 11 is 0. The van der Waals surface area contributed by atoms with Gasteiger partial charge in [0.1, 0.15) is 0 Å². The van der Waals surface area contributed by atoms with E-state index in [-0.39, 0.29) is 0 Å². The summed E-state index contributed by atoms with van der Waals surface area (Å²) in [5.74, 6) is 0. The molecule has 0 aromatic heterocycles. The van der Waals surface area contributed by atoms with E-state index >= 15 is 0 Å². The maximum atomic E-state index is 3.60. The third kappa shape index (κ3) is 4.36. The van der Waals surface area contributed by atoms with Crippen molar-refractivity contribution in [2.24, 2.45) is 5.41 Å². The van der Waals surface area contributed by atoms with Crippen LogP contribution in [0.4, 0.5) is 0 Å². The van der Waals surface area contributed by atoms with Crippen molar-refractivity contribution in [3.63, 3.8) is 0 Å². The van der Waals surface area contributed by atoms with Crippen LogP contribution in [-0.4, -0.2) is 6.54 Å². The molecule has 1 nitrogen and oxygen atoms in total. The van der Waals surface area contributed by atoms with Gasteiger partial charge in [-0.15, -0.1) is 0 Å². The minimum absolute atomic E-state index is 0.415. The van der Waals surface area contributed by atoms with Crippen molar-refractivity contribution < 1.29 is 0 Å². The van der Waals surface area contributed by atoms with Crippen LogP contribution in [0.15, 0.2) is 24.3 Å². The quantitative estimate of drug-likeness (QED) is 0.804. The van der Waals surface area contributed by atoms with Gasteiger partial charge in [0.05, 0.1) is 0 Å². The summed E-state index contributed by atoms with van der Waals surface area (Å²) in [6.07, 6.45) is 1.21. The molecule has 0 fully saturated rings. The molecule has 0 bridgehead atoms. The number of hydrogen-bond donors (Lipinski definition) is 1. The predicted octanol–water partition coefficient (Wildman–Crippen LogP) is 4.08. The molecule has 0 saturated carbocycles. The summed E-state index contributed by atoms with van der Waals surface area (Å²) in [6.45, 7) is 12.4. The number of nitrogens with one attached hydrogen (secondary N) is 1. The van der Waals surface area contributed by atoms with Gasteiger partial charge in [-0.05, 0) is 43.4 Å². The Morgan fingerprint density at radius 2 is 1.81 bits per heavy atom. The summed E-state index contributed by atoms with van der Waals surface area (Å²) in [4.78, 5) is 0. The Kier molecular flexibility index (Phi) is 4.55. The van der Waals surface area contributed by atoms with Crippen LogP contribution in [0, 0.1) is 12.3 Å². The Labute approximate surface area is 100 Å². The zero-order chi connectivity index (χ0) is 12.2. The zero-order valence-electron chi connectivity index (χ0n) is 11.3. The molecule has 0 spiro atoms. The first-order chi connectivity index (χ1) is 7.40. The summed E-state index contributed by atoms with van der Waals surface area (Å²) in [6, 6.07) is 9.05.